The van der Waals surface area contributed by atoms with Crippen LogP contribution >= 0.6 is 0 Å². The van der Waals surface area contributed by atoms with Crippen LogP contribution in [0.25, 0.3) is 11.0 Å². The maximum absolute atomic E-state index is 12.7. The van der Waals surface area contributed by atoms with Crippen LogP contribution in [0.2, 0.25) is 0 Å². The Morgan fingerprint density at radius 3 is 2.83 bits per heavy atom. The van der Waals surface area contributed by atoms with Crippen LogP contribution in [0, 0.1) is 17.8 Å². The Morgan fingerprint density at radius 1 is 1.33 bits per heavy atom. The third-order valence-electron chi connectivity index (χ3n) is 5.57. The van der Waals surface area contributed by atoms with Gasteiger partial charge in [0, 0.05) is 23.0 Å². The number of carbonyl (C=O) groups is 1. The predicted octanol–water partition coefficient (Wildman–Crippen LogP) is 3.02. The van der Waals surface area contributed by atoms with Crippen molar-refractivity contribution in [3.63, 3.8) is 0 Å². The molecule has 3 aliphatic rings. The number of nitrogens with zero attached hydrogens (tertiary/aromatic N) is 1. The Balaban J connectivity index is 1.56. The standard InChI is InChI=1S/C20H22N2O2/c1-3-4-16-12-24-18-11-15(5-6-17(16)18)20(23)21-19-13(2)22-9-7-14(19)8-10-22/h5-6,11-14,19H,7-10H2,1-2H3,(H,21,23)/t13-,19-/m0/s1. The normalized spacial score (nSPS) is 28.4. The summed E-state index contributed by atoms with van der Waals surface area (Å²) in [6, 6.07) is 6.26. The van der Waals surface area contributed by atoms with Gasteiger partial charge in [-0.1, -0.05) is 5.92 Å². The van der Waals surface area contributed by atoms with E-state index in [4.69, 9.17) is 4.42 Å². The number of furan rings is 1. The molecule has 2 aromatic rings. The van der Waals surface area contributed by atoms with E-state index in [2.05, 4.69) is 29.0 Å². The lowest BCUT2D eigenvalue weighted by atomic mass is 9.79. The molecule has 3 saturated heterocycles. The molecule has 0 unspecified atom stereocenters. The monoisotopic (exact) mass is 322 g/mol. The number of fused-ring (bicyclic) bond motifs is 4. The number of hydrogen-bond acceptors (Lipinski definition) is 3. The Morgan fingerprint density at radius 2 is 2.12 bits per heavy atom. The average Bonchev–Trinajstić information content (AvgIpc) is 3.01. The van der Waals surface area contributed by atoms with Crippen molar-refractivity contribution in [1.82, 2.24) is 10.2 Å². The highest BCUT2D eigenvalue weighted by molar-refractivity contribution is 5.98. The fraction of sp³-hybridized carbons (Fsp3) is 0.450. The Kier molecular flexibility index (Phi) is 3.82. The average molecular weight is 322 g/mol. The molecule has 5 rings (SSSR count). The van der Waals surface area contributed by atoms with E-state index < -0.39 is 0 Å². The molecule has 1 aromatic heterocycles. The molecule has 4 heterocycles. The number of amides is 1. The van der Waals surface area contributed by atoms with Crippen LogP contribution in [-0.2, 0) is 0 Å². The van der Waals surface area contributed by atoms with E-state index in [0.29, 0.717) is 23.1 Å². The zero-order valence-corrected chi connectivity index (χ0v) is 14.1. The molecule has 24 heavy (non-hydrogen) atoms. The summed E-state index contributed by atoms with van der Waals surface area (Å²) in [7, 11) is 0. The van der Waals surface area contributed by atoms with Crippen LogP contribution in [0.3, 0.4) is 0 Å². The van der Waals surface area contributed by atoms with Crippen molar-refractivity contribution in [3.8, 4) is 11.8 Å². The number of rotatable bonds is 2. The fourth-order valence-electron chi connectivity index (χ4n) is 4.18. The lowest BCUT2D eigenvalue weighted by Crippen LogP contribution is -2.62. The third-order valence-corrected chi connectivity index (χ3v) is 5.57. The van der Waals surface area contributed by atoms with Gasteiger partial charge in [-0.2, -0.15) is 0 Å². The van der Waals surface area contributed by atoms with Gasteiger partial charge in [-0.3, -0.25) is 9.69 Å². The van der Waals surface area contributed by atoms with E-state index >= 15 is 0 Å². The summed E-state index contributed by atoms with van der Waals surface area (Å²) in [4.78, 5) is 15.2. The van der Waals surface area contributed by atoms with Gasteiger partial charge >= 0.3 is 0 Å². The molecule has 0 aliphatic carbocycles. The second-order valence-electron chi connectivity index (χ2n) is 6.85. The number of benzene rings is 1. The lowest BCUT2D eigenvalue weighted by molar-refractivity contribution is 0.0217. The fourth-order valence-corrected chi connectivity index (χ4v) is 4.18. The minimum atomic E-state index is -0.0120. The molecule has 0 spiro atoms. The lowest BCUT2D eigenvalue weighted by Gasteiger charge is -2.49. The van der Waals surface area contributed by atoms with Gasteiger partial charge in [0.2, 0.25) is 0 Å². The van der Waals surface area contributed by atoms with E-state index in [0.717, 1.165) is 24.0 Å². The van der Waals surface area contributed by atoms with Gasteiger partial charge in [0.25, 0.3) is 5.91 Å². The van der Waals surface area contributed by atoms with Crippen molar-refractivity contribution in [3.05, 3.63) is 35.6 Å². The van der Waals surface area contributed by atoms with E-state index in [1.807, 2.05) is 18.2 Å². The largest absolute Gasteiger partial charge is 0.463 e. The number of hydrogen-bond donors (Lipinski definition) is 1. The summed E-state index contributed by atoms with van der Waals surface area (Å²) in [6.07, 6.45) is 4.02. The van der Waals surface area contributed by atoms with Crippen LogP contribution < -0.4 is 5.32 Å². The summed E-state index contributed by atoms with van der Waals surface area (Å²) in [5.74, 6) is 6.49. The second kappa shape index (κ2) is 5.99. The molecule has 2 atom stereocenters. The maximum atomic E-state index is 12.7. The van der Waals surface area contributed by atoms with Crippen molar-refractivity contribution < 1.29 is 9.21 Å². The molecule has 0 radical (unpaired) electrons. The van der Waals surface area contributed by atoms with Gasteiger partial charge in [-0.05, 0) is 63.9 Å². The molecule has 124 valence electrons. The molecule has 1 aromatic carbocycles. The van der Waals surface area contributed by atoms with Crippen molar-refractivity contribution in [2.24, 2.45) is 5.92 Å². The van der Waals surface area contributed by atoms with Crippen molar-refractivity contribution in [2.45, 2.75) is 38.8 Å². The van der Waals surface area contributed by atoms with Gasteiger partial charge in [0.05, 0.1) is 5.56 Å². The molecule has 1 N–H and O–H groups in total. The SMILES string of the molecule is CC#Cc1coc2cc(C(=O)N[C@@H]3C4CCN(CC4)[C@H]3C)ccc12. The van der Waals surface area contributed by atoms with Crippen LogP contribution in [0.4, 0.5) is 0 Å². The van der Waals surface area contributed by atoms with Crippen LogP contribution in [0.1, 0.15) is 42.6 Å². The van der Waals surface area contributed by atoms with Crippen molar-refractivity contribution in [2.75, 3.05) is 13.1 Å². The van der Waals surface area contributed by atoms with E-state index in [1.165, 1.54) is 12.8 Å². The molecule has 2 bridgehead atoms. The highest BCUT2D eigenvalue weighted by atomic mass is 16.3. The topological polar surface area (TPSA) is 45.5 Å². The highest BCUT2D eigenvalue weighted by Gasteiger charge is 2.40. The predicted molar refractivity (Wildman–Crippen MR) is 93.8 cm³/mol. The zero-order chi connectivity index (χ0) is 16.7. The summed E-state index contributed by atoms with van der Waals surface area (Å²) in [5, 5.41) is 4.22. The molecule has 4 heteroatoms. The first kappa shape index (κ1) is 15.3. The third kappa shape index (κ3) is 2.50. The van der Waals surface area contributed by atoms with Gasteiger partial charge in [0.1, 0.15) is 11.8 Å². The van der Waals surface area contributed by atoms with Crippen LogP contribution in [0.5, 0.6) is 0 Å². The molecule has 4 nitrogen and oxygen atoms in total. The summed E-state index contributed by atoms with van der Waals surface area (Å²) in [5.41, 5.74) is 2.23. The van der Waals surface area contributed by atoms with Crippen molar-refractivity contribution in [1.29, 1.82) is 0 Å². The van der Waals surface area contributed by atoms with Gasteiger partial charge in [-0.15, -0.1) is 5.92 Å². The quantitative estimate of drug-likeness (QED) is 0.865. The highest BCUT2D eigenvalue weighted by Crippen LogP contribution is 2.32. The molecule has 1 amide bonds. The smallest absolute Gasteiger partial charge is 0.251 e. The zero-order valence-electron chi connectivity index (χ0n) is 14.1. The minimum Gasteiger partial charge on any atom is -0.463 e. The molecule has 3 aliphatic heterocycles. The number of piperidine rings is 3. The second-order valence-corrected chi connectivity index (χ2v) is 6.85. The first-order valence-corrected chi connectivity index (χ1v) is 8.66. The van der Waals surface area contributed by atoms with Gasteiger partial charge < -0.3 is 9.73 Å². The first-order valence-electron chi connectivity index (χ1n) is 8.66. The minimum absolute atomic E-state index is 0.0120. The first-order chi connectivity index (χ1) is 11.7. The maximum Gasteiger partial charge on any atom is 0.251 e. The van der Waals surface area contributed by atoms with Gasteiger partial charge in [-0.25, -0.2) is 0 Å². The number of nitrogens with one attached hydrogen (secondary N) is 1. The van der Waals surface area contributed by atoms with Crippen molar-refractivity contribution >= 4 is 16.9 Å². The Bertz CT molecular complexity index is 832. The Hall–Kier alpha value is -2.25. The summed E-state index contributed by atoms with van der Waals surface area (Å²) in [6.45, 7) is 6.35. The van der Waals surface area contributed by atoms with Gasteiger partial charge in [0.15, 0.2) is 0 Å². The molecule has 3 fully saturated rings. The molecular formula is C20H22N2O2. The number of carbonyl (C=O) groups excluding carboxylic acids is 1. The van der Waals surface area contributed by atoms with E-state index in [-0.39, 0.29) is 11.9 Å². The molecular weight excluding hydrogens is 300 g/mol. The van der Waals surface area contributed by atoms with Crippen LogP contribution in [-0.4, -0.2) is 36.0 Å². The van der Waals surface area contributed by atoms with E-state index in [1.54, 1.807) is 13.2 Å². The van der Waals surface area contributed by atoms with Crippen LogP contribution in [0.15, 0.2) is 28.9 Å². The van der Waals surface area contributed by atoms with E-state index in [9.17, 15) is 4.79 Å². The molecule has 0 saturated carbocycles. The Labute approximate surface area is 142 Å². The summed E-state index contributed by atoms with van der Waals surface area (Å²) >= 11 is 0. The summed E-state index contributed by atoms with van der Waals surface area (Å²) < 4.78 is 5.56.